The first-order valence-electron chi connectivity index (χ1n) is 4.23. The van der Waals surface area contributed by atoms with Crippen LogP contribution in [0.1, 0.15) is 0 Å². The van der Waals surface area contributed by atoms with Crippen LogP contribution in [0.25, 0.3) is 11.3 Å². The Bertz CT molecular complexity index is 652. The maximum Gasteiger partial charge on any atom is 0.278 e. The van der Waals surface area contributed by atoms with E-state index < -0.39 is 0 Å². The van der Waals surface area contributed by atoms with Crippen LogP contribution in [0.15, 0.2) is 23.0 Å². The minimum Gasteiger partial charge on any atom is -0.296 e. The van der Waals surface area contributed by atoms with Crippen LogP contribution in [0, 0.1) is 8.34 Å². The van der Waals surface area contributed by atoms with Crippen LogP contribution in [-0.2, 0) is 0 Å². The standard InChI is InChI=1S/C9H5ClIN3OS/c10-6-4(2-1-3-5(6)11)7-8(15)12-9(16)14-13-7/h1-3H,(H2,12,14,15,16). The van der Waals surface area contributed by atoms with Crippen molar-refractivity contribution in [3.63, 3.8) is 0 Å². The molecule has 0 bridgehead atoms. The first-order chi connectivity index (χ1) is 7.59. The molecule has 2 rings (SSSR count). The Balaban J connectivity index is 2.73. The fourth-order valence-electron chi connectivity index (χ4n) is 1.22. The predicted octanol–water partition coefficient (Wildman–Crippen LogP) is 2.75. The van der Waals surface area contributed by atoms with Gasteiger partial charge in [0.1, 0.15) is 0 Å². The van der Waals surface area contributed by atoms with Crippen LogP contribution in [-0.4, -0.2) is 15.2 Å². The van der Waals surface area contributed by atoms with E-state index in [1.807, 2.05) is 12.1 Å². The number of aromatic nitrogens is 3. The van der Waals surface area contributed by atoms with E-state index in [0.717, 1.165) is 3.57 Å². The lowest BCUT2D eigenvalue weighted by atomic mass is 10.2. The topological polar surface area (TPSA) is 61.5 Å². The smallest absolute Gasteiger partial charge is 0.278 e. The number of rotatable bonds is 1. The van der Waals surface area contributed by atoms with Crippen molar-refractivity contribution in [2.45, 2.75) is 0 Å². The van der Waals surface area contributed by atoms with Gasteiger partial charge in [-0.1, -0.05) is 23.7 Å². The van der Waals surface area contributed by atoms with Crippen molar-refractivity contribution < 1.29 is 0 Å². The lowest BCUT2D eigenvalue weighted by Crippen LogP contribution is -2.13. The second-order valence-electron chi connectivity index (χ2n) is 2.96. The van der Waals surface area contributed by atoms with Crippen LogP contribution < -0.4 is 5.56 Å². The average molecular weight is 366 g/mol. The summed E-state index contributed by atoms with van der Waals surface area (Å²) >= 11 is 13.0. The molecule has 0 aliphatic rings. The van der Waals surface area contributed by atoms with Crippen molar-refractivity contribution in [1.29, 1.82) is 0 Å². The Kier molecular flexibility index (Phi) is 3.41. The van der Waals surface area contributed by atoms with Gasteiger partial charge in [-0.2, -0.15) is 5.10 Å². The summed E-state index contributed by atoms with van der Waals surface area (Å²) in [7, 11) is 0. The first-order valence-corrected chi connectivity index (χ1v) is 6.09. The largest absolute Gasteiger partial charge is 0.296 e. The van der Waals surface area contributed by atoms with Crippen LogP contribution in [0.5, 0.6) is 0 Å². The van der Waals surface area contributed by atoms with Gasteiger partial charge in [-0.15, -0.1) is 0 Å². The highest BCUT2D eigenvalue weighted by Gasteiger charge is 2.11. The van der Waals surface area contributed by atoms with E-state index in [4.69, 9.17) is 23.8 Å². The van der Waals surface area contributed by atoms with E-state index in [9.17, 15) is 4.79 Å². The third-order valence-corrected chi connectivity index (χ3v) is 3.74. The molecule has 1 aromatic heterocycles. The molecule has 0 saturated heterocycles. The summed E-state index contributed by atoms with van der Waals surface area (Å²) in [6.45, 7) is 0. The summed E-state index contributed by atoms with van der Waals surface area (Å²) in [6.07, 6.45) is 0. The van der Waals surface area contributed by atoms with Gasteiger partial charge in [-0.3, -0.25) is 14.9 Å². The minimum absolute atomic E-state index is 0.190. The van der Waals surface area contributed by atoms with Crippen LogP contribution in [0.3, 0.4) is 0 Å². The van der Waals surface area contributed by atoms with Gasteiger partial charge in [0, 0.05) is 9.13 Å². The summed E-state index contributed by atoms with van der Waals surface area (Å²) < 4.78 is 1.05. The van der Waals surface area contributed by atoms with Crippen molar-refractivity contribution >= 4 is 46.4 Å². The van der Waals surface area contributed by atoms with Gasteiger partial charge in [0.15, 0.2) is 10.5 Å². The molecule has 0 atom stereocenters. The molecule has 0 aliphatic carbocycles. The zero-order chi connectivity index (χ0) is 11.7. The number of benzene rings is 1. The van der Waals surface area contributed by atoms with E-state index in [1.54, 1.807) is 6.07 Å². The second-order valence-corrected chi connectivity index (χ2v) is 4.91. The number of nitrogens with one attached hydrogen (secondary N) is 2. The monoisotopic (exact) mass is 365 g/mol. The summed E-state index contributed by atoms with van der Waals surface area (Å²) in [4.78, 5) is 14.1. The third-order valence-electron chi connectivity index (χ3n) is 1.92. The molecule has 16 heavy (non-hydrogen) atoms. The van der Waals surface area contributed by atoms with Crippen molar-refractivity contribution in [2.75, 3.05) is 0 Å². The maximum absolute atomic E-state index is 11.6. The van der Waals surface area contributed by atoms with Crippen LogP contribution in [0.4, 0.5) is 0 Å². The molecule has 0 unspecified atom stereocenters. The van der Waals surface area contributed by atoms with Gasteiger partial charge < -0.3 is 0 Å². The Hall–Kier alpha value is -0.730. The number of halogens is 2. The normalized spacial score (nSPS) is 10.4. The van der Waals surface area contributed by atoms with Crippen LogP contribution >= 0.6 is 46.4 Å². The summed E-state index contributed by atoms with van der Waals surface area (Å²) in [5.74, 6) is 0. The molecule has 82 valence electrons. The van der Waals surface area contributed by atoms with Crippen LogP contribution in [0.2, 0.25) is 5.02 Å². The Labute approximate surface area is 114 Å². The Morgan fingerprint density at radius 3 is 2.88 bits per heavy atom. The van der Waals surface area contributed by atoms with Gasteiger partial charge >= 0.3 is 0 Å². The molecule has 2 aromatic rings. The van der Waals surface area contributed by atoms with E-state index in [-0.39, 0.29) is 16.0 Å². The molecule has 1 aromatic carbocycles. The molecule has 0 fully saturated rings. The van der Waals surface area contributed by atoms with Gasteiger partial charge in [-0.25, -0.2) is 0 Å². The highest BCUT2D eigenvalue weighted by Crippen LogP contribution is 2.28. The average Bonchev–Trinajstić information content (AvgIpc) is 2.23. The highest BCUT2D eigenvalue weighted by atomic mass is 127. The number of hydrogen-bond donors (Lipinski definition) is 2. The molecule has 2 N–H and O–H groups in total. The zero-order valence-corrected chi connectivity index (χ0v) is 11.5. The summed E-state index contributed by atoms with van der Waals surface area (Å²) in [5, 5.41) is 6.93. The SMILES string of the molecule is O=c1[nH]c(=S)[nH]nc1-c1cccc(I)c1Cl. The van der Waals surface area contributed by atoms with E-state index in [2.05, 4.69) is 37.8 Å². The quantitative estimate of drug-likeness (QED) is 0.603. The van der Waals surface area contributed by atoms with E-state index >= 15 is 0 Å². The molecule has 0 aliphatic heterocycles. The predicted molar refractivity (Wildman–Crippen MR) is 73.2 cm³/mol. The van der Waals surface area contributed by atoms with Gasteiger partial charge in [0.2, 0.25) is 0 Å². The molecule has 0 radical (unpaired) electrons. The highest BCUT2D eigenvalue weighted by molar-refractivity contribution is 14.1. The second kappa shape index (κ2) is 4.64. The maximum atomic E-state index is 11.6. The number of nitrogens with zero attached hydrogens (tertiary/aromatic N) is 1. The molecule has 0 amide bonds. The lowest BCUT2D eigenvalue weighted by molar-refractivity contribution is 0.931. The van der Waals surface area contributed by atoms with Gasteiger partial charge in [-0.05, 0) is 40.9 Å². The van der Waals surface area contributed by atoms with Crippen molar-refractivity contribution in [2.24, 2.45) is 0 Å². The molecule has 0 spiro atoms. The molecular formula is C9H5ClIN3OS. The minimum atomic E-state index is -0.354. The third kappa shape index (κ3) is 2.18. The number of hydrogen-bond acceptors (Lipinski definition) is 3. The number of aromatic amines is 2. The molecule has 0 saturated carbocycles. The Morgan fingerprint density at radius 2 is 2.19 bits per heavy atom. The van der Waals surface area contributed by atoms with E-state index in [1.165, 1.54) is 0 Å². The lowest BCUT2D eigenvalue weighted by Gasteiger charge is -2.03. The van der Waals surface area contributed by atoms with Crippen molar-refractivity contribution in [1.82, 2.24) is 15.2 Å². The van der Waals surface area contributed by atoms with Gasteiger partial charge in [0.25, 0.3) is 5.56 Å². The van der Waals surface area contributed by atoms with Crippen molar-refractivity contribution in [3.8, 4) is 11.3 Å². The fraction of sp³-hybridized carbons (Fsp3) is 0. The molecular weight excluding hydrogens is 361 g/mol. The first kappa shape index (κ1) is 11.7. The number of H-pyrrole nitrogens is 2. The van der Waals surface area contributed by atoms with Gasteiger partial charge in [0.05, 0.1) is 5.02 Å². The molecule has 7 heteroatoms. The molecule has 1 heterocycles. The summed E-state index contributed by atoms with van der Waals surface area (Å²) in [5.41, 5.74) is 0.464. The summed E-state index contributed by atoms with van der Waals surface area (Å²) in [6, 6.07) is 5.40. The fourth-order valence-corrected chi connectivity index (χ4v) is 2.07. The van der Waals surface area contributed by atoms with E-state index in [0.29, 0.717) is 10.6 Å². The van der Waals surface area contributed by atoms with Crippen molar-refractivity contribution in [3.05, 3.63) is 41.9 Å². The Morgan fingerprint density at radius 1 is 1.44 bits per heavy atom. The molecule has 4 nitrogen and oxygen atoms in total. The zero-order valence-electron chi connectivity index (χ0n) is 7.75.